The summed E-state index contributed by atoms with van der Waals surface area (Å²) < 4.78 is 2.27. The molecule has 0 N–H and O–H groups in total. The Morgan fingerprint density at radius 3 is 2.68 bits per heavy atom. The minimum absolute atomic E-state index is 0.793. The second-order valence-corrected chi connectivity index (χ2v) is 5.61. The van der Waals surface area contributed by atoms with Crippen molar-refractivity contribution in [1.82, 2.24) is 4.40 Å². The van der Waals surface area contributed by atoms with Gasteiger partial charge in [0.2, 0.25) is 0 Å². The number of aryl methyl sites for hydroxylation is 2. The predicted octanol–water partition coefficient (Wildman–Crippen LogP) is 4.75. The van der Waals surface area contributed by atoms with Crippen LogP contribution in [0.25, 0.3) is 16.6 Å². The fourth-order valence-corrected chi connectivity index (χ4v) is 3.29. The van der Waals surface area contributed by atoms with Crippen LogP contribution in [0.1, 0.15) is 17.5 Å². The fourth-order valence-electron chi connectivity index (χ4n) is 3.16. The molecule has 3 aromatic rings. The summed E-state index contributed by atoms with van der Waals surface area (Å²) in [6.45, 7) is 0. The number of nitrogens with zero attached hydrogens (tertiary/aromatic N) is 1. The van der Waals surface area contributed by atoms with Crippen LogP contribution in [0.15, 0.2) is 48.8 Å². The van der Waals surface area contributed by atoms with E-state index in [1.54, 1.807) is 0 Å². The molecule has 94 valence electrons. The van der Waals surface area contributed by atoms with Gasteiger partial charge in [0.05, 0.1) is 5.52 Å². The summed E-state index contributed by atoms with van der Waals surface area (Å²) in [7, 11) is 0. The van der Waals surface area contributed by atoms with E-state index in [2.05, 4.69) is 41.1 Å². The van der Waals surface area contributed by atoms with E-state index in [1.807, 2.05) is 12.1 Å². The highest BCUT2D eigenvalue weighted by atomic mass is 35.5. The van der Waals surface area contributed by atoms with E-state index < -0.39 is 0 Å². The van der Waals surface area contributed by atoms with Gasteiger partial charge >= 0.3 is 0 Å². The van der Waals surface area contributed by atoms with Gasteiger partial charge in [-0.3, -0.25) is 0 Å². The first-order chi connectivity index (χ1) is 9.33. The van der Waals surface area contributed by atoms with E-state index in [1.165, 1.54) is 47.0 Å². The van der Waals surface area contributed by atoms with Gasteiger partial charge in [0, 0.05) is 23.0 Å². The monoisotopic (exact) mass is 267 g/mol. The molecular weight excluding hydrogens is 254 g/mol. The van der Waals surface area contributed by atoms with E-state index in [0.29, 0.717) is 0 Å². The van der Waals surface area contributed by atoms with Crippen LogP contribution in [0.2, 0.25) is 5.02 Å². The summed E-state index contributed by atoms with van der Waals surface area (Å²) in [5.41, 5.74) is 6.99. The normalized spacial score (nSPS) is 13.9. The van der Waals surface area contributed by atoms with Gasteiger partial charge in [-0.15, -0.1) is 0 Å². The van der Waals surface area contributed by atoms with Crippen LogP contribution in [0.4, 0.5) is 0 Å². The second-order valence-electron chi connectivity index (χ2n) is 5.17. The maximum atomic E-state index is 5.98. The number of hydrogen-bond donors (Lipinski definition) is 0. The Kier molecular flexibility index (Phi) is 2.42. The van der Waals surface area contributed by atoms with E-state index in [4.69, 9.17) is 11.6 Å². The summed E-state index contributed by atoms with van der Waals surface area (Å²) in [6.07, 6.45) is 8.01. The van der Waals surface area contributed by atoms with Crippen molar-refractivity contribution in [2.24, 2.45) is 0 Å². The lowest BCUT2D eigenvalue weighted by atomic mass is 9.92. The molecule has 0 aliphatic heterocycles. The third kappa shape index (κ3) is 1.69. The maximum Gasteiger partial charge on any atom is 0.0520 e. The summed E-state index contributed by atoms with van der Waals surface area (Å²) in [4.78, 5) is 0. The first-order valence-corrected chi connectivity index (χ1v) is 7.08. The highest BCUT2D eigenvalue weighted by Gasteiger charge is 2.18. The van der Waals surface area contributed by atoms with E-state index in [0.717, 1.165) is 5.02 Å². The third-order valence-corrected chi connectivity index (χ3v) is 4.27. The molecule has 0 fully saturated rings. The van der Waals surface area contributed by atoms with Crippen LogP contribution in [-0.4, -0.2) is 4.40 Å². The number of hydrogen-bond acceptors (Lipinski definition) is 0. The molecule has 2 aromatic heterocycles. The topological polar surface area (TPSA) is 4.41 Å². The van der Waals surface area contributed by atoms with Gasteiger partial charge in [-0.1, -0.05) is 29.8 Å². The average molecular weight is 268 g/mol. The quantitative estimate of drug-likeness (QED) is 0.599. The lowest BCUT2D eigenvalue weighted by Gasteiger charge is -2.14. The predicted molar refractivity (Wildman–Crippen MR) is 79.9 cm³/mol. The first kappa shape index (κ1) is 11.1. The van der Waals surface area contributed by atoms with Gasteiger partial charge < -0.3 is 4.40 Å². The van der Waals surface area contributed by atoms with Crippen LogP contribution in [-0.2, 0) is 12.8 Å². The highest BCUT2D eigenvalue weighted by Crippen LogP contribution is 2.35. The molecule has 0 saturated carbocycles. The molecule has 0 radical (unpaired) electrons. The van der Waals surface area contributed by atoms with Gasteiger partial charge in [0.1, 0.15) is 0 Å². The molecule has 0 atom stereocenters. The van der Waals surface area contributed by atoms with Crippen LogP contribution in [0, 0.1) is 0 Å². The van der Waals surface area contributed by atoms with Crippen molar-refractivity contribution in [3.63, 3.8) is 0 Å². The smallest absolute Gasteiger partial charge is 0.0520 e. The Hall–Kier alpha value is -1.73. The number of halogens is 1. The molecule has 1 aromatic carbocycles. The standard InChI is InChI=1S/C17H14ClN/c18-14-8-6-12(7-9-14)16-11-19-10-2-4-13-3-1-5-15(16)17(13)19/h2,4,6-11H,1,3,5H2. The lowest BCUT2D eigenvalue weighted by Crippen LogP contribution is -2.01. The molecule has 0 saturated heterocycles. The minimum atomic E-state index is 0.793. The van der Waals surface area contributed by atoms with Crippen molar-refractivity contribution in [2.45, 2.75) is 19.3 Å². The van der Waals surface area contributed by atoms with Crippen LogP contribution in [0.3, 0.4) is 0 Å². The van der Waals surface area contributed by atoms with Gasteiger partial charge in [0.15, 0.2) is 0 Å². The Morgan fingerprint density at radius 2 is 1.84 bits per heavy atom. The summed E-state index contributed by atoms with van der Waals surface area (Å²) >= 11 is 5.98. The van der Waals surface area contributed by atoms with Crippen LogP contribution >= 0.6 is 11.6 Å². The molecule has 0 spiro atoms. The number of rotatable bonds is 1. The molecule has 19 heavy (non-hydrogen) atoms. The largest absolute Gasteiger partial charge is 0.323 e. The highest BCUT2D eigenvalue weighted by molar-refractivity contribution is 6.30. The molecule has 0 unspecified atom stereocenters. The van der Waals surface area contributed by atoms with E-state index in [9.17, 15) is 0 Å². The number of benzene rings is 1. The fraction of sp³-hybridized carbons (Fsp3) is 0.176. The van der Waals surface area contributed by atoms with Crippen molar-refractivity contribution in [1.29, 1.82) is 0 Å². The molecular formula is C17H14ClN. The molecule has 0 amide bonds. The zero-order chi connectivity index (χ0) is 12.8. The summed E-state index contributed by atoms with van der Waals surface area (Å²) in [6, 6.07) is 12.6. The SMILES string of the molecule is Clc1ccc(-c2cn3cccc4c3c2CCC4)cc1. The summed E-state index contributed by atoms with van der Waals surface area (Å²) in [5.74, 6) is 0. The Labute approximate surface area is 117 Å². The molecule has 2 heteroatoms. The lowest BCUT2D eigenvalue weighted by molar-refractivity contribution is 0.803. The van der Waals surface area contributed by atoms with E-state index in [-0.39, 0.29) is 0 Å². The van der Waals surface area contributed by atoms with Crippen molar-refractivity contribution >= 4 is 17.1 Å². The molecule has 4 rings (SSSR count). The van der Waals surface area contributed by atoms with Crippen molar-refractivity contribution < 1.29 is 0 Å². The van der Waals surface area contributed by atoms with Crippen molar-refractivity contribution in [2.75, 3.05) is 0 Å². The Morgan fingerprint density at radius 1 is 1.00 bits per heavy atom. The molecule has 1 nitrogen and oxygen atoms in total. The Balaban J connectivity index is 2.01. The van der Waals surface area contributed by atoms with Gasteiger partial charge in [-0.25, -0.2) is 0 Å². The average Bonchev–Trinajstić information content (AvgIpc) is 2.82. The number of pyridine rings is 1. The maximum absolute atomic E-state index is 5.98. The summed E-state index contributed by atoms with van der Waals surface area (Å²) in [5, 5.41) is 0.793. The molecule has 1 aliphatic rings. The molecule has 2 heterocycles. The third-order valence-electron chi connectivity index (χ3n) is 4.01. The molecule has 0 bridgehead atoms. The van der Waals surface area contributed by atoms with Crippen LogP contribution in [0.5, 0.6) is 0 Å². The van der Waals surface area contributed by atoms with Crippen molar-refractivity contribution in [3.8, 4) is 11.1 Å². The minimum Gasteiger partial charge on any atom is -0.323 e. The second kappa shape index (κ2) is 4.14. The van der Waals surface area contributed by atoms with Crippen molar-refractivity contribution in [3.05, 3.63) is 64.9 Å². The van der Waals surface area contributed by atoms with Gasteiger partial charge in [-0.2, -0.15) is 0 Å². The zero-order valence-corrected chi connectivity index (χ0v) is 11.3. The Bertz CT molecular complexity index is 753. The van der Waals surface area contributed by atoms with E-state index >= 15 is 0 Å². The van der Waals surface area contributed by atoms with Gasteiger partial charge in [-0.05, 0) is 54.2 Å². The number of aromatic nitrogens is 1. The first-order valence-electron chi connectivity index (χ1n) is 6.70. The van der Waals surface area contributed by atoms with Gasteiger partial charge in [0.25, 0.3) is 0 Å². The molecule has 1 aliphatic carbocycles. The zero-order valence-electron chi connectivity index (χ0n) is 10.6. The van der Waals surface area contributed by atoms with Crippen LogP contribution < -0.4 is 0 Å².